The first-order chi connectivity index (χ1) is 13.1. The van der Waals surface area contributed by atoms with Crippen LogP contribution in [0.5, 0.6) is 5.75 Å². The molecular weight excluding hydrogens is 338 g/mol. The Hall–Kier alpha value is -1.57. The fraction of sp³-hybridized carbons (Fsp3) is 0.696. The minimum Gasteiger partial charge on any atom is -0.478 e. The van der Waals surface area contributed by atoms with Crippen molar-refractivity contribution in [1.82, 2.24) is 0 Å². The fourth-order valence-corrected chi connectivity index (χ4v) is 5.21. The highest BCUT2D eigenvalue weighted by atomic mass is 16.5. The third kappa shape index (κ3) is 4.83. The summed E-state index contributed by atoms with van der Waals surface area (Å²) in [5.74, 6) is 2.08. The molecule has 0 saturated heterocycles. The van der Waals surface area contributed by atoms with Gasteiger partial charge in [0.2, 0.25) is 0 Å². The zero-order valence-electron chi connectivity index (χ0n) is 16.4. The molecule has 0 amide bonds. The van der Waals surface area contributed by atoms with Crippen LogP contribution in [-0.4, -0.2) is 29.0 Å². The number of rotatable bonds is 9. The van der Waals surface area contributed by atoms with E-state index in [9.17, 15) is 10.2 Å². The molecule has 2 aliphatic rings. The number of ether oxygens (including phenoxy) is 1. The lowest BCUT2D eigenvalue weighted by atomic mass is 9.73. The minimum atomic E-state index is -0.263. The van der Waals surface area contributed by atoms with Crippen molar-refractivity contribution in [1.29, 1.82) is 5.26 Å². The van der Waals surface area contributed by atoms with E-state index in [-0.39, 0.29) is 24.7 Å². The maximum absolute atomic E-state index is 10.7. The molecular formula is C23H33NO3. The van der Waals surface area contributed by atoms with Gasteiger partial charge in [-0.15, -0.1) is 0 Å². The lowest BCUT2D eigenvalue weighted by Gasteiger charge is -2.32. The average Bonchev–Trinajstić information content (AvgIpc) is 2.97. The molecule has 0 heterocycles. The van der Waals surface area contributed by atoms with E-state index in [0.717, 1.165) is 50.7 Å². The first kappa shape index (κ1) is 20.2. The van der Waals surface area contributed by atoms with Crippen molar-refractivity contribution in [2.45, 2.75) is 76.9 Å². The Kier molecular flexibility index (Phi) is 7.15. The third-order valence-electron chi connectivity index (χ3n) is 6.61. The Morgan fingerprint density at radius 3 is 2.89 bits per heavy atom. The number of unbranched alkanes of at least 4 members (excludes halogenated alkanes) is 2. The predicted molar refractivity (Wildman–Crippen MR) is 105 cm³/mol. The number of hydrogen-bond acceptors (Lipinski definition) is 4. The first-order valence-corrected chi connectivity index (χ1v) is 10.6. The van der Waals surface area contributed by atoms with Gasteiger partial charge in [-0.05, 0) is 73.5 Å². The molecule has 148 valence electrons. The van der Waals surface area contributed by atoms with Gasteiger partial charge in [0.15, 0.2) is 6.61 Å². The molecule has 2 N–H and O–H groups in total. The molecule has 2 aliphatic carbocycles. The van der Waals surface area contributed by atoms with Gasteiger partial charge in [-0.3, -0.25) is 0 Å². The zero-order valence-corrected chi connectivity index (χ0v) is 16.4. The minimum absolute atomic E-state index is 0.0751. The Labute approximate surface area is 163 Å². The average molecular weight is 372 g/mol. The maximum atomic E-state index is 10.7. The lowest BCUT2D eigenvalue weighted by Crippen LogP contribution is -2.28. The predicted octanol–water partition coefficient (Wildman–Crippen LogP) is 4.02. The highest BCUT2D eigenvalue weighted by Gasteiger charge is 2.44. The van der Waals surface area contributed by atoms with Gasteiger partial charge in [-0.25, -0.2) is 0 Å². The van der Waals surface area contributed by atoms with Crippen LogP contribution in [0.15, 0.2) is 18.2 Å². The van der Waals surface area contributed by atoms with Gasteiger partial charge in [-0.1, -0.05) is 38.3 Å². The van der Waals surface area contributed by atoms with Crippen LogP contribution in [0, 0.1) is 29.1 Å². The van der Waals surface area contributed by atoms with E-state index in [2.05, 4.69) is 13.0 Å². The van der Waals surface area contributed by atoms with Crippen molar-refractivity contribution in [3.05, 3.63) is 29.3 Å². The number of nitrogens with zero attached hydrogens (tertiary/aromatic N) is 1. The second kappa shape index (κ2) is 9.57. The van der Waals surface area contributed by atoms with Gasteiger partial charge >= 0.3 is 0 Å². The standard InChI is InChI=1S/C23H33NO3/c1-2-3-4-7-18(25)9-10-19-20-13-16-6-5-8-23(27-12-11-24)21(16)14-17(20)15-22(19)26/h5-6,8,17-20,22,25-26H,2-4,7,9-10,12-15H2,1H3/t17?,18?,19-,20?,22-/m1/s1. The van der Waals surface area contributed by atoms with Crippen molar-refractivity contribution in [2.24, 2.45) is 17.8 Å². The van der Waals surface area contributed by atoms with Crippen LogP contribution in [0.25, 0.3) is 0 Å². The molecule has 0 spiro atoms. The van der Waals surface area contributed by atoms with E-state index in [4.69, 9.17) is 10.00 Å². The highest BCUT2D eigenvalue weighted by molar-refractivity contribution is 5.43. The number of aliphatic hydroxyl groups is 2. The maximum Gasteiger partial charge on any atom is 0.174 e. The van der Waals surface area contributed by atoms with E-state index >= 15 is 0 Å². The van der Waals surface area contributed by atoms with E-state index < -0.39 is 0 Å². The van der Waals surface area contributed by atoms with Gasteiger partial charge in [0.05, 0.1) is 12.2 Å². The van der Waals surface area contributed by atoms with E-state index in [1.165, 1.54) is 24.0 Å². The van der Waals surface area contributed by atoms with Gasteiger partial charge < -0.3 is 14.9 Å². The SMILES string of the molecule is CCCCCC(O)CC[C@@H]1C2Cc3cccc(OCC#N)c3CC2C[C@H]1O. The fourth-order valence-electron chi connectivity index (χ4n) is 5.21. The summed E-state index contributed by atoms with van der Waals surface area (Å²) in [4.78, 5) is 0. The zero-order chi connectivity index (χ0) is 19.2. The number of fused-ring (bicyclic) bond motifs is 2. The van der Waals surface area contributed by atoms with Crippen LogP contribution >= 0.6 is 0 Å². The summed E-state index contributed by atoms with van der Waals surface area (Å²) in [5, 5.41) is 29.7. The molecule has 4 heteroatoms. The van der Waals surface area contributed by atoms with Crippen LogP contribution in [0.4, 0.5) is 0 Å². The molecule has 1 aromatic carbocycles. The smallest absolute Gasteiger partial charge is 0.174 e. The molecule has 4 nitrogen and oxygen atoms in total. The molecule has 27 heavy (non-hydrogen) atoms. The monoisotopic (exact) mass is 371 g/mol. The third-order valence-corrected chi connectivity index (χ3v) is 6.61. The topological polar surface area (TPSA) is 73.5 Å². The largest absolute Gasteiger partial charge is 0.478 e. The Balaban J connectivity index is 1.62. The molecule has 0 bridgehead atoms. The Morgan fingerprint density at radius 1 is 1.26 bits per heavy atom. The van der Waals surface area contributed by atoms with Crippen molar-refractivity contribution < 1.29 is 14.9 Å². The molecule has 1 saturated carbocycles. The number of benzene rings is 1. The second-order valence-electron chi connectivity index (χ2n) is 8.37. The summed E-state index contributed by atoms with van der Waals surface area (Å²) in [6, 6.07) is 8.16. The van der Waals surface area contributed by atoms with Crippen LogP contribution in [0.1, 0.15) is 63.0 Å². The number of nitriles is 1. The number of aliphatic hydroxyl groups excluding tert-OH is 2. The van der Waals surface area contributed by atoms with Crippen molar-refractivity contribution >= 4 is 0 Å². The van der Waals surface area contributed by atoms with Crippen molar-refractivity contribution in [3.8, 4) is 11.8 Å². The molecule has 5 atom stereocenters. The normalized spacial score (nSPS) is 27.5. The highest BCUT2D eigenvalue weighted by Crippen LogP contribution is 2.48. The van der Waals surface area contributed by atoms with Gasteiger partial charge in [-0.2, -0.15) is 5.26 Å². The first-order valence-electron chi connectivity index (χ1n) is 10.6. The summed E-state index contributed by atoms with van der Waals surface area (Å²) >= 11 is 0. The summed E-state index contributed by atoms with van der Waals surface area (Å²) in [6.45, 7) is 2.25. The summed E-state index contributed by atoms with van der Waals surface area (Å²) in [6.07, 6.45) is 8.29. The summed E-state index contributed by atoms with van der Waals surface area (Å²) in [7, 11) is 0. The van der Waals surface area contributed by atoms with Gasteiger partial charge in [0.1, 0.15) is 11.8 Å². The van der Waals surface area contributed by atoms with E-state index in [0.29, 0.717) is 11.8 Å². The second-order valence-corrected chi connectivity index (χ2v) is 8.37. The van der Waals surface area contributed by atoms with Crippen LogP contribution in [0.2, 0.25) is 0 Å². The van der Waals surface area contributed by atoms with Crippen molar-refractivity contribution in [3.63, 3.8) is 0 Å². The van der Waals surface area contributed by atoms with E-state index in [1.807, 2.05) is 18.2 Å². The molecule has 1 fully saturated rings. The van der Waals surface area contributed by atoms with Crippen LogP contribution in [0.3, 0.4) is 0 Å². The van der Waals surface area contributed by atoms with Crippen LogP contribution in [-0.2, 0) is 12.8 Å². The molecule has 3 rings (SSSR count). The summed E-state index contributed by atoms with van der Waals surface area (Å²) < 4.78 is 5.62. The molecule has 0 radical (unpaired) electrons. The lowest BCUT2D eigenvalue weighted by molar-refractivity contribution is 0.0869. The van der Waals surface area contributed by atoms with E-state index in [1.54, 1.807) is 0 Å². The Morgan fingerprint density at radius 2 is 2.11 bits per heavy atom. The Bertz CT molecular complexity index is 654. The molecule has 3 unspecified atom stereocenters. The number of hydrogen-bond donors (Lipinski definition) is 2. The quantitative estimate of drug-likeness (QED) is 0.643. The molecule has 0 aliphatic heterocycles. The van der Waals surface area contributed by atoms with Gasteiger partial charge in [0, 0.05) is 0 Å². The summed E-state index contributed by atoms with van der Waals surface area (Å²) in [5.41, 5.74) is 2.52. The van der Waals surface area contributed by atoms with Crippen molar-refractivity contribution in [2.75, 3.05) is 6.61 Å². The van der Waals surface area contributed by atoms with Crippen LogP contribution < -0.4 is 4.74 Å². The molecule has 1 aromatic rings. The van der Waals surface area contributed by atoms with Gasteiger partial charge in [0.25, 0.3) is 0 Å². The molecule has 0 aromatic heterocycles.